The molecule has 2 aromatic carbocycles. The van der Waals surface area contributed by atoms with Gasteiger partial charge in [0.25, 0.3) is 0 Å². The first-order valence-corrected chi connectivity index (χ1v) is 13.3. The molecule has 1 aromatic heterocycles. The maximum atomic E-state index is 5.61. The molecule has 0 bridgehead atoms. The molecule has 2 aliphatic heterocycles. The van der Waals surface area contributed by atoms with Crippen LogP contribution >= 0.6 is 11.8 Å². The number of thioether (sulfide) groups is 1. The molecule has 8 heteroatoms. The van der Waals surface area contributed by atoms with Crippen LogP contribution in [-0.2, 0) is 6.54 Å². The van der Waals surface area contributed by atoms with E-state index in [-0.39, 0.29) is 0 Å². The minimum Gasteiger partial charge on any atom is -0.493 e. The van der Waals surface area contributed by atoms with Crippen LogP contribution in [0.15, 0.2) is 47.5 Å². The second-order valence-electron chi connectivity index (χ2n) is 9.42. The minimum absolute atomic E-state index is 0.536. The van der Waals surface area contributed by atoms with Gasteiger partial charge in [-0.25, -0.2) is 9.97 Å². The standard InChI is InChI=1S/C27H35N5O2S/c1-30-13-15-32(16-14-30)27-28-23-18-25(34-3)24(33-2)17-22(23)26(29-27)35-21-9-11-31(12-10-21)19-20-7-5-4-6-8-20/h4-8,17-18,21H,9-16,19H2,1-3H3. The molecule has 3 heterocycles. The third kappa shape index (κ3) is 5.66. The van der Waals surface area contributed by atoms with Crippen LogP contribution in [0.25, 0.3) is 10.9 Å². The van der Waals surface area contributed by atoms with Crippen LogP contribution in [0.2, 0.25) is 0 Å². The van der Waals surface area contributed by atoms with Crippen molar-refractivity contribution in [1.29, 1.82) is 0 Å². The number of nitrogens with zero attached hydrogens (tertiary/aromatic N) is 5. The fraction of sp³-hybridized carbons (Fsp3) is 0.481. The van der Waals surface area contributed by atoms with Gasteiger partial charge in [0.05, 0.1) is 19.7 Å². The van der Waals surface area contributed by atoms with E-state index in [4.69, 9.17) is 19.4 Å². The molecule has 3 aromatic rings. The van der Waals surface area contributed by atoms with Gasteiger partial charge in [-0.15, -0.1) is 11.8 Å². The Labute approximate surface area is 212 Å². The fourth-order valence-corrected chi connectivity index (χ4v) is 6.03. The lowest BCUT2D eigenvalue weighted by atomic mass is 10.1. The number of fused-ring (bicyclic) bond motifs is 1. The number of piperazine rings is 1. The fourth-order valence-electron chi connectivity index (χ4n) is 4.84. The number of hydrogen-bond donors (Lipinski definition) is 0. The summed E-state index contributed by atoms with van der Waals surface area (Å²) in [6, 6.07) is 14.8. The molecule has 0 amide bonds. The molecular weight excluding hydrogens is 458 g/mol. The number of hydrogen-bond acceptors (Lipinski definition) is 8. The summed E-state index contributed by atoms with van der Waals surface area (Å²) < 4.78 is 11.2. The molecule has 0 unspecified atom stereocenters. The predicted molar refractivity (Wildman–Crippen MR) is 143 cm³/mol. The number of benzene rings is 2. The van der Waals surface area contributed by atoms with Crippen LogP contribution in [0.3, 0.4) is 0 Å². The van der Waals surface area contributed by atoms with Gasteiger partial charge >= 0.3 is 0 Å². The van der Waals surface area contributed by atoms with E-state index in [1.807, 2.05) is 23.9 Å². The second kappa shape index (κ2) is 11.0. The van der Waals surface area contributed by atoms with Crippen molar-refractivity contribution >= 4 is 28.6 Å². The number of likely N-dealkylation sites (N-methyl/N-ethyl adjacent to an activating group) is 1. The molecule has 2 aliphatic rings. The number of aromatic nitrogens is 2. The molecule has 7 nitrogen and oxygen atoms in total. The Bertz CT molecular complexity index is 1130. The van der Waals surface area contributed by atoms with Crippen LogP contribution in [0, 0.1) is 0 Å². The molecule has 0 saturated carbocycles. The van der Waals surface area contributed by atoms with E-state index >= 15 is 0 Å². The Kier molecular flexibility index (Phi) is 7.60. The number of likely N-dealkylation sites (tertiary alicyclic amines) is 1. The normalized spacial score (nSPS) is 18.2. The summed E-state index contributed by atoms with van der Waals surface area (Å²) in [6.45, 7) is 7.18. The molecule has 0 atom stereocenters. The number of ether oxygens (including phenoxy) is 2. The minimum atomic E-state index is 0.536. The van der Waals surface area contributed by atoms with Crippen LogP contribution in [-0.4, -0.2) is 85.6 Å². The Morgan fingerprint density at radius 1 is 0.886 bits per heavy atom. The summed E-state index contributed by atoms with van der Waals surface area (Å²) in [7, 11) is 5.52. The van der Waals surface area contributed by atoms with Gasteiger partial charge in [-0.3, -0.25) is 4.90 Å². The van der Waals surface area contributed by atoms with Crippen molar-refractivity contribution in [3.63, 3.8) is 0 Å². The van der Waals surface area contributed by atoms with Crippen molar-refractivity contribution in [2.24, 2.45) is 0 Å². The highest BCUT2D eigenvalue weighted by atomic mass is 32.2. The topological polar surface area (TPSA) is 54.0 Å². The molecule has 2 fully saturated rings. The number of anilines is 1. The molecule has 0 spiro atoms. The number of piperidine rings is 1. The lowest BCUT2D eigenvalue weighted by molar-refractivity contribution is 0.225. The van der Waals surface area contributed by atoms with Crippen LogP contribution in [0.1, 0.15) is 18.4 Å². The first-order valence-electron chi connectivity index (χ1n) is 12.4. The van der Waals surface area contributed by atoms with E-state index in [2.05, 4.69) is 52.1 Å². The van der Waals surface area contributed by atoms with Gasteiger partial charge in [0.15, 0.2) is 11.5 Å². The number of methoxy groups -OCH3 is 2. The quantitative estimate of drug-likeness (QED) is 0.455. The van der Waals surface area contributed by atoms with E-state index in [1.165, 1.54) is 5.56 Å². The maximum absolute atomic E-state index is 5.61. The molecule has 186 valence electrons. The Morgan fingerprint density at radius 3 is 2.26 bits per heavy atom. The monoisotopic (exact) mass is 493 g/mol. The van der Waals surface area contributed by atoms with Crippen LogP contribution in [0.5, 0.6) is 11.5 Å². The van der Waals surface area contributed by atoms with Crippen molar-refractivity contribution in [2.75, 3.05) is 65.4 Å². The summed E-state index contributed by atoms with van der Waals surface area (Å²) in [5.74, 6) is 2.24. The lowest BCUT2D eigenvalue weighted by Crippen LogP contribution is -2.45. The Hall–Kier alpha value is -2.55. The largest absolute Gasteiger partial charge is 0.493 e. The van der Waals surface area contributed by atoms with Crippen molar-refractivity contribution in [2.45, 2.75) is 29.7 Å². The van der Waals surface area contributed by atoms with Gasteiger partial charge in [0, 0.05) is 49.4 Å². The van der Waals surface area contributed by atoms with Gasteiger partial charge in [-0.2, -0.15) is 0 Å². The Balaban J connectivity index is 1.37. The summed E-state index contributed by atoms with van der Waals surface area (Å²) in [6.07, 6.45) is 2.31. The van der Waals surface area contributed by atoms with E-state index in [0.717, 1.165) is 86.3 Å². The summed E-state index contributed by atoms with van der Waals surface area (Å²) in [4.78, 5) is 17.3. The third-order valence-corrected chi connectivity index (χ3v) is 8.34. The Morgan fingerprint density at radius 2 is 1.57 bits per heavy atom. The molecule has 35 heavy (non-hydrogen) atoms. The maximum Gasteiger partial charge on any atom is 0.227 e. The summed E-state index contributed by atoms with van der Waals surface area (Å²) in [5.41, 5.74) is 2.30. The average Bonchev–Trinajstić information content (AvgIpc) is 2.90. The third-order valence-electron chi connectivity index (χ3n) is 7.00. The molecule has 0 aliphatic carbocycles. The van der Waals surface area contributed by atoms with E-state index in [9.17, 15) is 0 Å². The van der Waals surface area contributed by atoms with Gasteiger partial charge < -0.3 is 19.3 Å². The molecule has 2 saturated heterocycles. The average molecular weight is 494 g/mol. The zero-order valence-electron chi connectivity index (χ0n) is 20.9. The van der Waals surface area contributed by atoms with Gasteiger partial charge in [-0.05, 0) is 44.6 Å². The molecule has 5 rings (SSSR count). The highest BCUT2D eigenvalue weighted by Crippen LogP contribution is 2.39. The van der Waals surface area contributed by atoms with Crippen molar-refractivity contribution in [3.05, 3.63) is 48.0 Å². The highest BCUT2D eigenvalue weighted by Gasteiger charge is 2.24. The van der Waals surface area contributed by atoms with Crippen molar-refractivity contribution in [1.82, 2.24) is 19.8 Å². The van der Waals surface area contributed by atoms with E-state index in [0.29, 0.717) is 11.0 Å². The second-order valence-corrected chi connectivity index (χ2v) is 10.7. The van der Waals surface area contributed by atoms with Crippen LogP contribution < -0.4 is 14.4 Å². The molecule has 0 radical (unpaired) electrons. The predicted octanol–water partition coefficient (Wildman–Crippen LogP) is 4.16. The van der Waals surface area contributed by atoms with E-state index < -0.39 is 0 Å². The molecular formula is C27H35N5O2S. The van der Waals surface area contributed by atoms with Gasteiger partial charge in [-0.1, -0.05) is 30.3 Å². The van der Waals surface area contributed by atoms with Crippen LogP contribution in [0.4, 0.5) is 5.95 Å². The highest BCUT2D eigenvalue weighted by molar-refractivity contribution is 8.00. The first-order chi connectivity index (χ1) is 17.1. The summed E-state index contributed by atoms with van der Waals surface area (Å²) in [5, 5.41) is 2.62. The molecule has 0 N–H and O–H groups in total. The van der Waals surface area contributed by atoms with Crippen molar-refractivity contribution in [3.8, 4) is 11.5 Å². The number of rotatable bonds is 7. The zero-order valence-corrected chi connectivity index (χ0v) is 21.8. The van der Waals surface area contributed by atoms with E-state index in [1.54, 1.807) is 14.2 Å². The lowest BCUT2D eigenvalue weighted by Gasteiger charge is -2.33. The van der Waals surface area contributed by atoms with Crippen molar-refractivity contribution < 1.29 is 9.47 Å². The van der Waals surface area contributed by atoms with Gasteiger partial charge in [0.2, 0.25) is 5.95 Å². The zero-order chi connectivity index (χ0) is 24.2. The smallest absolute Gasteiger partial charge is 0.227 e. The summed E-state index contributed by atoms with van der Waals surface area (Å²) >= 11 is 1.90. The first kappa shape index (κ1) is 24.2. The SMILES string of the molecule is COc1cc2nc(N3CCN(C)CC3)nc(SC3CCN(Cc4ccccc4)CC3)c2cc1OC. The van der Waals surface area contributed by atoms with Gasteiger partial charge in [0.1, 0.15) is 5.03 Å².